The Balaban J connectivity index is 1.49. The summed E-state index contributed by atoms with van der Waals surface area (Å²) in [6.07, 6.45) is -1.30. The van der Waals surface area contributed by atoms with Crippen LogP contribution in [-0.2, 0) is 17.5 Å². The lowest BCUT2D eigenvalue weighted by molar-refractivity contribution is -0.152. The van der Waals surface area contributed by atoms with Gasteiger partial charge >= 0.3 is 12.1 Å². The van der Waals surface area contributed by atoms with Gasteiger partial charge in [-0.05, 0) is 56.5 Å². The highest BCUT2D eigenvalue weighted by atomic mass is 19.4. The Morgan fingerprint density at radius 1 is 1.11 bits per heavy atom. The van der Waals surface area contributed by atoms with Gasteiger partial charge in [0.25, 0.3) is 5.91 Å². The van der Waals surface area contributed by atoms with Crippen LogP contribution >= 0.6 is 0 Å². The molecular weight excluding hydrogens is 475 g/mol. The van der Waals surface area contributed by atoms with Crippen molar-refractivity contribution in [3.63, 3.8) is 0 Å². The van der Waals surface area contributed by atoms with Gasteiger partial charge in [0.15, 0.2) is 11.4 Å². The van der Waals surface area contributed by atoms with Crippen molar-refractivity contribution >= 4 is 11.9 Å². The van der Waals surface area contributed by atoms with Gasteiger partial charge in [0.2, 0.25) is 0 Å². The molecule has 0 spiro atoms. The molecule has 1 fully saturated rings. The van der Waals surface area contributed by atoms with Crippen molar-refractivity contribution in [3.05, 3.63) is 77.1 Å². The summed E-state index contributed by atoms with van der Waals surface area (Å²) in [7, 11) is 0. The molecular formula is C26H24F3N3O4. The first-order chi connectivity index (χ1) is 16.9. The highest BCUT2D eigenvalue weighted by Crippen LogP contribution is 2.41. The predicted octanol–water partition coefficient (Wildman–Crippen LogP) is 5.21. The summed E-state index contributed by atoms with van der Waals surface area (Å²) in [5.74, 6) is -0.774. The summed E-state index contributed by atoms with van der Waals surface area (Å²) in [6.45, 7) is 3.04. The SMILES string of the molecule is CC(C)(Oc1cccc(CNC(=O)c2cnc(-c3ccc(C(F)(F)F)cc3)nc2C2CC2)c1)C(=O)O. The van der Waals surface area contributed by atoms with E-state index in [1.165, 1.54) is 32.2 Å². The van der Waals surface area contributed by atoms with Crippen molar-refractivity contribution in [2.24, 2.45) is 0 Å². The van der Waals surface area contributed by atoms with Gasteiger partial charge in [-0.3, -0.25) is 4.79 Å². The average molecular weight is 499 g/mol. The van der Waals surface area contributed by atoms with Crippen molar-refractivity contribution in [1.82, 2.24) is 15.3 Å². The van der Waals surface area contributed by atoms with Gasteiger partial charge in [0, 0.05) is 24.2 Å². The number of carboxylic acids is 1. The number of benzene rings is 2. The third kappa shape index (κ3) is 5.81. The topological polar surface area (TPSA) is 101 Å². The number of carboxylic acid groups (broad SMARTS) is 1. The average Bonchev–Trinajstić information content (AvgIpc) is 3.67. The summed E-state index contributed by atoms with van der Waals surface area (Å²) in [5.41, 5.74) is -0.154. The molecule has 2 aromatic carbocycles. The number of alkyl halides is 3. The molecule has 0 bridgehead atoms. The van der Waals surface area contributed by atoms with Gasteiger partial charge in [0.05, 0.1) is 16.8 Å². The number of amides is 1. The summed E-state index contributed by atoms with van der Waals surface area (Å²) in [4.78, 5) is 33.0. The molecule has 188 valence electrons. The lowest BCUT2D eigenvalue weighted by atomic mass is 10.1. The number of nitrogens with one attached hydrogen (secondary N) is 1. The van der Waals surface area contributed by atoms with Crippen LogP contribution < -0.4 is 10.1 Å². The number of nitrogens with zero attached hydrogens (tertiary/aromatic N) is 2. The molecule has 0 unspecified atom stereocenters. The summed E-state index contributed by atoms with van der Waals surface area (Å²) in [6, 6.07) is 11.3. The fraction of sp³-hybridized carbons (Fsp3) is 0.308. The third-order valence-electron chi connectivity index (χ3n) is 5.74. The standard InChI is InChI=1S/C26H24F3N3O4/c1-25(2,24(34)35)36-19-5-3-4-15(12-19)13-31-23(33)20-14-30-22(32-21(20)16-6-7-16)17-8-10-18(11-9-17)26(27,28)29/h3-5,8-12,14,16H,6-7,13H2,1-2H3,(H,31,33)(H,34,35). The molecule has 0 aliphatic heterocycles. The molecule has 1 aliphatic rings. The van der Waals surface area contributed by atoms with Crippen molar-refractivity contribution < 1.29 is 32.6 Å². The van der Waals surface area contributed by atoms with Gasteiger partial charge in [0.1, 0.15) is 5.75 Å². The highest BCUT2D eigenvalue weighted by Gasteiger charge is 2.32. The molecule has 2 N–H and O–H groups in total. The molecule has 0 radical (unpaired) electrons. The van der Waals surface area contributed by atoms with Crippen molar-refractivity contribution in [1.29, 1.82) is 0 Å². The summed E-state index contributed by atoms with van der Waals surface area (Å²) >= 11 is 0. The van der Waals surface area contributed by atoms with Crippen LogP contribution in [0.4, 0.5) is 13.2 Å². The van der Waals surface area contributed by atoms with E-state index in [1.54, 1.807) is 24.3 Å². The number of halogens is 3. The van der Waals surface area contributed by atoms with E-state index in [2.05, 4.69) is 15.3 Å². The number of rotatable bonds is 8. The summed E-state index contributed by atoms with van der Waals surface area (Å²) < 4.78 is 44.1. The largest absolute Gasteiger partial charge is 0.478 e. The molecule has 0 atom stereocenters. The number of carbonyl (C=O) groups excluding carboxylic acids is 1. The Labute approximate surface area is 205 Å². The second-order valence-electron chi connectivity index (χ2n) is 9.09. The number of hydrogen-bond acceptors (Lipinski definition) is 5. The van der Waals surface area contributed by atoms with E-state index in [9.17, 15) is 27.9 Å². The summed E-state index contributed by atoms with van der Waals surface area (Å²) in [5, 5.41) is 12.1. The van der Waals surface area contributed by atoms with Crippen molar-refractivity contribution in [3.8, 4) is 17.1 Å². The molecule has 1 aliphatic carbocycles. The number of carbonyl (C=O) groups is 2. The Morgan fingerprint density at radius 2 is 1.81 bits per heavy atom. The lowest BCUT2D eigenvalue weighted by Gasteiger charge is -2.21. The molecule has 7 nitrogen and oxygen atoms in total. The monoisotopic (exact) mass is 499 g/mol. The Hall–Kier alpha value is -3.95. The normalized spacial score (nSPS) is 13.8. The minimum atomic E-state index is -4.43. The van der Waals surface area contributed by atoms with Crippen LogP contribution in [0, 0.1) is 0 Å². The number of aliphatic carboxylic acids is 1. The lowest BCUT2D eigenvalue weighted by Crippen LogP contribution is -2.37. The molecule has 36 heavy (non-hydrogen) atoms. The van der Waals surface area contributed by atoms with Gasteiger partial charge in [-0.1, -0.05) is 24.3 Å². The molecule has 10 heteroatoms. The second-order valence-corrected chi connectivity index (χ2v) is 9.09. The van der Waals surface area contributed by atoms with Crippen LogP contribution in [0.3, 0.4) is 0 Å². The van der Waals surface area contributed by atoms with Crippen LogP contribution in [0.15, 0.2) is 54.7 Å². The van der Waals surface area contributed by atoms with Crippen molar-refractivity contribution in [2.45, 2.75) is 50.9 Å². The molecule has 4 rings (SSSR count). The maximum Gasteiger partial charge on any atom is 0.416 e. The van der Waals surface area contributed by atoms with Crippen LogP contribution in [0.2, 0.25) is 0 Å². The fourth-order valence-corrected chi connectivity index (χ4v) is 3.52. The molecule has 0 saturated heterocycles. The van der Waals surface area contributed by atoms with Gasteiger partial charge in [-0.25, -0.2) is 14.8 Å². The van der Waals surface area contributed by atoms with Crippen LogP contribution in [-0.4, -0.2) is 32.6 Å². The third-order valence-corrected chi connectivity index (χ3v) is 5.74. The zero-order chi connectivity index (χ0) is 26.1. The van der Waals surface area contributed by atoms with E-state index in [1.807, 2.05) is 0 Å². The van der Waals surface area contributed by atoms with Crippen LogP contribution in [0.25, 0.3) is 11.4 Å². The van der Waals surface area contributed by atoms with E-state index >= 15 is 0 Å². The Bertz CT molecular complexity index is 1290. The Morgan fingerprint density at radius 3 is 2.42 bits per heavy atom. The minimum absolute atomic E-state index is 0.0944. The molecule has 1 heterocycles. The van der Waals surface area contributed by atoms with Crippen molar-refractivity contribution in [2.75, 3.05) is 0 Å². The maximum absolute atomic E-state index is 13.0. The first kappa shape index (κ1) is 25.2. The highest BCUT2D eigenvalue weighted by molar-refractivity contribution is 5.95. The fourth-order valence-electron chi connectivity index (χ4n) is 3.52. The second kappa shape index (κ2) is 9.60. The zero-order valence-corrected chi connectivity index (χ0v) is 19.6. The first-order valence-electron chi connectivity index (χ1n) is 11.3. The predicted molar refractivity (Wildman–Crippen MR) is 124 cm³/mol. The van der Waals surface area contributed by atoms with Gasteiger partial charge in [-0.2, -0.15) is 13.2 Å². The number of aromatic nitrogens is 2. The van der Waals surface area contributed by atoms with E-state index in [0.29, 0.717) is 28.1 Å². The Kier molecular flexibility index (Phi) is 6.71. The van der Waals surface area contributed by atoms with E-state index < -0.39 is 23.3 Å². The smallest absolute Gasteiger partial charge is 0.416 e. The van der Waals surface area contributed by atoms with Gasteiger partial charge < -0.3 is 15.2 Å². The van der Waals surface area contributed by atoms with E-state index in [-0.39, 0.29) is 24.2 Å². The molecule has 1 saturated carbocycles. The van der Waals surface area contributed by atoms with Crippen LogP contribution in [0.1, 0.15) is 59.8 Å². The quantitative estimate of drug-likeness (QED) is 0.441. The number of ether oxygens (including phenoxy) is 1. The van der Waals surface area contributed by atoms with Gasteiger partial charge in [-0.15, -0.1) is 0 Å². The van der Waals surface area contributed by atoms with E-state index in [0.717, 1.165) is 25.0 Å². The van der Waals surface area contributed by atoms with E-state index in [4.69, 9.17) is 4.74 Å². The number of hydrogen-bond donors (Lipinski definition) is 2. The minimum Gasteiger partial charge on any atom is -0.478 e. The zero-order valence-electron chi connectivity index (χ0n) is 19.6. The first-order valence-corrected chi connectivity index (χ1v) is 11.3. The maximum atomic E-state index is 13.0. The molecule has 1 amide bonds. The molecule has 3 aromatic rings. The molecule has 1 aromatic heterocycles. The van der Waals surface area contributed by atoms with Crippen LogP contribution in [0.5, 0.6) is 5.75 Å².